The number of ether oxygens (including phenoxy) is 1. The Labute approximate surface area is 118 Å². The first-order valence-electron chi connectivity index (χ1n) is 5.76. The molecule has 0 aliphatic carbocycles. The molecule has 0 aromatic heterocycles. The molecule has 0 saturated heterocycles. The van der Waals surface area contributed by atoms with Gasteiger partial charge in [0, 0.05) is 21.2 Å². The molecule has 0 aliphatic heterocycles. The Kier molecular flexibility index (Phi) is 11.1. The number of ketones is 1. The van der Waals surface area contributed by atoms with Crippen molar-refractivity contribution in [2.45, 2.75) is 19.8 Å². The van der Waals surface area contributed by atoms with Crippen LogP contribution in [0.3, 0.4) is 0 Å². The number of hydrogen-bond donors (Lipinski definition) is 1. The molecular formula is C12H22N2O6. The summed E-state index contributed by atoms with van der Waals surface area (Å²) in [6.07, 6.45) is -0.572. The van der Waals surface area contributed by atoms with Crippen molar-refractivity contribution in [3.8, 4) is 0 Å². The summed E-state index contributed by atoms with van der Waals surface area (Å²) < 4.78 is 4.36. The molecule has 0 heterocycles. The molecule has 0 aliphatic rings. The summed E-state index contributed by atoms with van der Waals surface area (Å²) in [5.41, 5.74) is 0. The first kappa shape index (κ1) is 20.4. The van der Waals surface area contributed by atoms with Gasteiger partial charge in [0.05, 0.1) is 20.2 Å². The van der Waals surface area contributed by atoms with Crippen LogP contribution in [0.2, 0.25) is 0 Å². The van der Waals surface area contributed by atoms with Crippen molar-refractivity contribution >= 4 is 23.6 Å². The Bertz CT molecular complexity index is 356. The highest BCUT2D eigenvalue weighted by Gasteiger charge is 2.18. The van der Waals surface area contributed by atoms with Gasteiger partial charge in [0.25, 0.3) is 0 Å². The van der Waals surface area contributed by atoms with E-state index in [0.29, 0.717) is 0 Å². The second kappa shape index (κ2) is 10.9. The minimum absolute atomic E-state index is 0.0158. The van der Waals surface area contributed by atoms with Crippen LogP contribution in [0, 0.1) is 0 Å². The highest BCUT2D eigenvalue weighted by Crippen LogP contribution is 1.98. The maximum Gasteiger partial charge on any atom is 0.315 e. The topological polar surface area (TPSA) is 104 Å². The fourth-order valence-corrected chi connectivity index (χ4v) is 1.15. The maximum absolute atomic E-state index is 11.5. The summed E-state index contributed by atoms with van der Waals surface area (Å²) in [5.74, 6) is -1.70. The average molecular weight is 290 g/mol. The van der Waals surface area contributed by atoms with Crippen LogP contribution < -0.4 is 0 Å². The third-order valence-corrected chi connectivity index (χ3v) is 2.20. The summed E-state index contributed by atoms with van der Waals surface area (Å²) >= 11 is 0. The van der Waals surface area contributed by atoms with Gasteiger partial charge in [0.2, 0.25) is 11.8 Å². The summed E-state index contributed by atoms with van der Waals surface area (Å²) in [4.78, 5) is 47.1. The zero-order valence-corrected chi connectivity index (χ0v) is 12.5. The molecule has 0 spiro atoms. The van der Waals surface area contributed by atoms with E-state index in [1.807, 2.05) is 0 Å². The number of hydrogen-bond acceptors (Lipinski definition) is 6. The highest BCUT2D eigenvalue weighted by atomic mass is 16.5. The van der Waals surface area contributed by atoms with Crippen molar-refractivity contribution in [2.24, 2.45) is 0 Å². The van der Waals surface area contributed by atoms with E-state index >= 15 is 0 Å². The third kappa shape index (κ3) is 9.03. The number of carbonyl (C=O) groups is 4. The lowest BCUT2D eigenvalue weighted by Crippen LogP contribution is -2.41. The lowest BCUT2D eigenvalue weighted by molar-refractivity contribution is -0.147. The van der Waals surface area contributed by atoms with Crippen LogP contribution in [0.4, 0.5) is 0 Å². The van der Waals surface area contributed by atoms with E-state index in [4.69, 9.17) is 5.11 Å². The number of aliphatic hydroxyl groups is 1. The van der Waals surface area contributed by atoms with Gasteiger partial charge in [-0.25, -0.2) is 0 Å². The zero-order valence-electron chi connectivity index (χ0n) is 12.5. The Morgan fingerprint density at radius 3 is 1.70 bits per heavy atom. The average Bonchev–Trinajstić information content (AvgIpc) is 2.39. The molecule has 0 unspecified atom stereocenters. The van der Waals surface area contributed by atoms with Gasteiger partial charge in [0.1, 0.15) is 12.2 Å². The third-order valence-electron chi connectivity index (χ3n) is 2.20. The fourth-order valence-electron chi connectivity index (χ4n) is 1.15. The number of esters is 1. The SMILES string of the molecule is CO.COC(=O)CC(=O)N(C)CN(C)C(=O)CC(C)=O. The number of methoxy groups -OCH3 is 1. The van der Waals surface area contributed by atoms with E-state index in [9.17, 15) is 19.2 Å². The van der Waals surface area contributed by atoms with Gasteiger partial charge in [-0.05, 0) is 6.92 Å². The summed E-state index contributed by atoms with van der Waals surface area (Å²) in [5, 5.41) is 7.00. The summed E-state index contributed by atoms with van der Waals surface area (Å²) in [7, 11) is 5.13. The van der Waals surface area contributed by atoms with Crippen molar-refractivity contribution in [1.82, 2.24) is 9.80 Å². The molecule has 0 bridgehead atoms. The van der Waals surface area contributed by atoms with Crippen LogP contribution in [-0.4, -0.2) is 73.5 Å². The molecule has 20 heavy (non-hydrogen) atoms. The molecule has 1 N–H and O–H groups in total. The largest absolute Gasteiger partial charge is 0.469 e. The Hall–Kier alpha value is -1.96. The molecule has 0 aromatic rings. The summed E-state index contributed by atoms with van der Waals surface area (Å²) in [6.45, 7) is 1.33. The van der Waals surface area contributed by atoms with E-state index in [0.717, 1.165) is 7.11 Å². The van der Waals surface area contributed by atoms with E-state index in [2.05, 4.69) is 4.74 Å². The van der Waals surface area contributed by atoms with E-state index in [-0.39, 0.29) is 31.2 Å². The number of rotatable bonds is 6. The van der Waals surface area contributed by atoms with E-state index < -0.39 is 11.9 Å². The van der Waals surface area contributed by atoms with Crippen molar-refractivity contribution in [2.75, 3.05) is 35.0 Å². The molecule has 0 radical (unpaired) electrons. The Balaban J connectivity index is 0. The molecule has 116 valence electrons. The van der Waals surface area contributed by atoms with Gasteiger partial charge in [-0.15, -0.1) is 0 Å². The number of Topliss-reactive ketones (excluding diaryl/α,β-unsaturated/α-hetero) is 1. The van der Waals surface area contributed by atoms with Crippen LogP contribution in [0.5, 0.6) is 0 Å². The monoisotopic (exact) mass is 290 g/mol. The van der Waals surface area contributed by atoms with Crippen LogP contribution in [0.25, 0.3) is 0 Å². The van der Waals surface area contributed by atoms with E-state index in [1.54, 1.807) is 0 Å². The van der Waals surface area contributed by atoms with Gasteiger partial charge in [-0.3, -0.25) is 19.2 Å². The first-order chi connectivity index (χ1) is 9.27. The second-order valence-corrected chi connectivity index (χ2v) is 3.96. The fraction of sp³-hybridized carbons (Fsp3) is 0.667. The van der Waals surface area contributed by atoms with Crippen molar-refractivity contribution in [1.29, 1.82) is 0 Å². The lowest BCUT2D eigenvalue weighted by atomic mass is 10.3. The van der Waals surface area contributed by atoms with Crippen LogP contribution in [0.1, 0.15) is 19.8 Å². The van der Waals surface area contributed by atoms with Crippen LogP contribution in [0.15, 0.2) is 0 Å². The number of aliphatic hydroxyl groups excluding tert-OH is 1. The normalized spacial score (nSPS) is 8.90. The Morgan fingerprint density at radius 1 is 0.950 bits per heavy atom. The lowest BCUT2D eigenvalue weighted by Gasteiger charge is -2.24. The smallest absolute Gasteiger partial charge is 0.315 e. The van der Waals surface area contributed by atoms with Gasteiger partial charge in [-0.2, -0.15) is 0 Å². The minimum atomic E-state index is -0.635. The van der Waals surface area contributed by atoms with Crippen LogP contribution >= 0.6 is 0 Å². The van der Waals surface area contributed by atoms with Crippen molar-refractivity contribution in [3.05, 3.63) is 0 Å². The van der Waals surface area contributed by atoms with Gasteiger partial charge >= 0.3 is 5.97 Å². The standard InChI is InChI=1S/C11H18N2O5.CH4O/c1-8(14)5-9(15)12(2)7-13(3)10(16)6-11(17)18-4;1-2/h5-7H2,1-4H3;2H,1H3. The van der Waals surface area contributed by atoms with Gasteiger partial charge in [0.15, 0.2) is 0 Å². The zero-order chi connectivity index (χ0) is 16.3. The molecular weight excluding hydrogens is 268 g/mol. The van der Waals surface area contributed by atoms with Crippen LogP contribution in [-0.2, 0) is 23.9 Å². The summed E-state index contributed by atoms with van der Waals surface area (Å²) in [6, 6.07) is 0. The maximum atomic E-state index is 11.5. The number of amides is 2. The van der Waals surface area contributed by atoms with E-state index in [1.165, 1.54) is 37.9 Å². The predicted molar refractivity (Wildman–Crippen MR) is 70.5 cm³/mol. The molecule has 0 aromatic carbocycles. The van der Waals surface area contributed by atoms with Gasteiger partial charge in [-0.1, -0.05) is 0 Å². The molecule has 0 rings (SSSR count). The molecule has 8 heteroatoms. The molecule has 2 amide bonds. The number of carbonyl (C=O) groups excluding carboxylic acids is 4. The molecule has 0 atom stereocenters. The highest BCUT2D eigenvalue weighted by molar-refractivity contribution is 5.97. The predicted octanol–water partition coefficient (Wildman–Crippen LogP) is -0.989. The first-order valence-corrected chi connectivity index (χ1v) is 5.76. The molecule has 8 nitrogen and oxygen atoms in total. The van der Waals surface area contributed by atoms with Crippen molar-refractivity contribution in [3.63, 3.8) is 0 Å². The minimum Gasteiger partial charge on any atom is -0.469 e. The second-order valence-electron chi connectivity index (χ2n) is 3.96. The number of nitrogens with zero attached hydrogens (tertiary/aromatic N) is 2. The molecule has 0 saturated carbocycles. The quantitative estimate of drug-likeness (QED) is 0.383. The van der Waals surface area contributed by atoms with Crippen molar-refractivity contribution < 1.29 is 29.0 Å². The Morgan fingerprint density at radius 2 is 1.35 bits per heavy atom. The van der Waals surface area contributed by atoms with Gasteiger partial charge < -0.3 is 19.6 Å². The molecule has 0 fully saturated rings.